The molecule has 1 atom stereocenters. The summed E-state index contributed by atoms with van der Waals surface area (Å²) in [4.78, 5) is 68.9. The summed E-state index contributed by atoms with van der Waals surface area (Å²) < 4.78 is 11.0. The number of nitrogens with zero attached hydrogens (tertiary/aromatic N) is 5. The molecule has 0 bridgehead atoms. The van der Waals surface area contributed by atoms with E-state index in [9.17, 15) is 19.2 Å². The number of nitrogens with one attached hydrogen (secondary N) is 3. The van der Waals surface area contributed by atoms with Crippen LogP contribution in [-0.4, -0.2) is 96.6 Å². The first-order valence-electron chi connectivity index (χ1n) is 18.9. The molecule has 6 N–H and O–H groups in total. The number of methoxy groups -OCH3 is 1. The third-order valence-corrected chi connectivity index (χ3v) is 10.5. The molecule has 4 amide bonds. The highest BCUT2D eigenvalue weighted by Gasteiger charge is 2.31. The lowest BCUT2D eigenvalue weighted by Gasteiger charge is -2.27. The monoisotopic (exact) mass is 765 g/mol. The number of carboxylic acid groups (broad SMARTS) is 1. The van der Waals surface area contributed by atoms with E-state index in [-0.39, 0.29) is 44.0 Å². The second kappa shape index (κ2) is 15.9. The molecule has 3 aromatic carbocycles. The van der Waals surface area contributed by atoms with E-state index < -0.39 is 12.2 Å². The van der Waals surface area contributed by atoms with E-state index >= 15 is 0 Å². The minimum Gasteiger partial charge on any atom is -0.488 e. The minimum atomic E-state index is -1.25. The first kappa shape index (κ1) is 38.1. The summed E-state index contributed by atoms with van der Waals surface area (Å²) in [7, 11) is 1.21. The Kier molecular flexibility index (Phi) is 10.8. The van der Waals surface area contributed by atoms with Crippen LogP contribution in [0.25, 0.3) is 44.2 Å². The van der Waals surface area contributed by atoms with Crippen LogP contribution in [-0.2, 0) is 34.0 Å². The van der Waals surface area contributed by atoms with Crippen molar-refractivity contribution in [2.24, 2.45) is 5.84 Å². The molecule has 0 spiro atoms. The molecule has 2 aliphatic rings. The Morgan fingerprint density at radius 3 is 2.52 bits per heavy atom. The zero-order valence-electron chi connectivity index (χ0n) is 32.0. The molecule has 0 unspecified atom stereocenters. The molecule has 5 aromatic rings. The van der Waals surface area contributed by atoms with Gasteiger partial charge in [-0.2, -0.15) is 0 Å². The van der Waals surface area contributed by atoms with E-state index in [1.165, 1.54) is 7.11 Å². The average molecular weight is 766 g/mol. The molecule has 294 valence electrons. The maximum atomic E-state index is 13.1. The van der Waals surface area contributed by atoms with Gasteiger partial charge in [-0.25, -0.2) is 30.4 Å². The van der Waals surface area contributed by atoms with Crippen LogP contribution in [0.2, 0.25) is 0 Å². The Morgan fingerprint density at radius 2 is 1.80 bits per heavy atom. The van der Waals surface area contributed by atoms with Gasteiger partial charge in [-0.05, 0) is 73.4 Å². The van der Waals surface area contributed by atoms with E-state index in [2.05, 4.69) is 44.3 Å². The molecular weight excluding hydrogens is 718 g/mol. The maximum absolute atomic E-state index is 13.1. The smallest absolute Gasteiger partial charge is 0.424 e. The summed E-state index contributed by atoms with van der Waals surface area (Å²) in [5, 5.41) is 13.8. The van der Waals surface area contributed by atoms with Crippen molar-refractivity contribution in [1.29, 1.82) is 0 Å². The summed E-state index contributed by atoms with van der Waals surface area (Å²) in [5.41, 5.74) is 7.53. The largest absolute Gasteiger partial charge is 0.488 e. The van der Waals surface area contributed by atoms with Crippen LogP contribution in [0.3, 0.4) is 0 Å². The zero-order valence-corrected chi connectivity index (χ0v) is 32.0. The molecule has 1 fully saturated rings. The number of aromatic nitrogens is 4. The van der Waals surface area contributed by atoms with Crippen molar-refractivity contribution < 1.29 is 33.8 Å². The van der Waals surface area contributed by atoms with Gasteiger partial charge in [-0.15, -0.1) is 0 Å². The number of hydrogen-bond donors (Lipinski definition) is 5. The van der Waals surface area contributed by atoms with Gasteiger partial charge in [0.05, 0.1) is 36.9 Å². The van der Waals surface area contributed by atoms with Crippen molar-refractivity contribution in [1.82, 2.24) is 40.1 Å². The van der Waals surface area contributed by atoms with Gasteiger partial charge in [0, 0.05) is 40.7 Å². The number of carbonyl (C=O) groups is 4. The highest BCUT2D eigenvalue weighted by Crippen LogP contribution is 2.46. The van der Waals surface area contributed by atoms with Crippen LogP contribution in [0, 0.1) is 0 Å². The molecule has 1 saturated carbocycles. The van der Waals surface area contributed by atoms with Gasteiger partial charge in [-0.3, -0.25) is 9.59 Å². The Balaban J connectivity index is 1.15. The quantitative estimate of drug-likeness (QED) is 0.0535. The Bertz CT molecular complexity index is 2310. The fourth-order valence-electron chi connectivity index (χ4n) is 7.25. The van der Waals surface area contributed by atoms with Crippen LogP contribution in [0.1, 0.15) is 75.3 Å². The van der Waals surface area contributed by atoms with Crippen LogP contribution in [0.15, 0.2) is 42.5 Å². The molecule has 7 rings (SSSR count). The minimum absolute atomic E-state index is 0.116. The summed E-state index contributed by atoms with van der Waals surface area (Å²) in [6.45, 7) is 6.57. The van der Waals surface area contributed by atoms with E-state index in [4.69, 9.17) is 25.7 Å². The van der Waals surface area contributed by atoms with Crippen LogP contribution >= 0.6 is 0 Å². The SMILES string of the molecule is CCCN(Cc1nc(-c2ccc3c(c2)COc2cc4c(ccc5[nH]c(CN(C(=O)CNC(=O)O)[C@@H](C)CC)nc54)cc2-3)c(C2CC2)[nH]1)C(=O)CN(N)C(=O)OC. The number of benzene rings is 3. The van der Waals surface area contributed by atoms with Crippen molar-refractivity contribution in [3.05, 3.63) is 65.4 Å². The third kappa shape index (κ3) is 7.82. The molecule has 2 aromatic heterocycles. The molecule has 16 heteroatoms. The van der Waals surface area contributed by atoms with Crippen molar-refractivity contribution >= 4 is 45.8 Å². The van der Waals surface area contributed by atoms with E-state index in [0.29, 0.717) is 37.1 Å². The second-order valence-corrected chi connectivity index (χ2v) is 14.4. The molecule has 1 aliphatic carbocycles. The normalized spacial score (nSPS) is 13.7. The van der Waals surface area contributed by atoms with Crippen molar-refractivity contribution in [3.63, 3.8) is 0 Å². The number of aromatic amines is 2. The number of hydrazine groups is 1. The molecular formula is C40H47N9O7. The topological polar surface area (TPSA) is 212 Å². The lowest BCUT2D eigenvalue weighted by molar-refractivity contribution is -0.133. The second-order valence-electron chi connectivity index (χ2n) is 14.4. The molecule has 0 saturated heterocycles. The third-order valence-electron chi connectivity index (χ3n) is 10.5. The summed E-state index contributed by atoms with van der Waals surface area (Å²) in [6.07, 6.45) is 1.52. The Labute approximate surface area is 323 Å². The summed E-state index contributed by atoms with van der Waals surface area (Å²) in [6, 6.07) is 14.4. The Morgan fingerprint density at radius 1 is 1.02 bits per heavy atom. The molecule has 3 heterocycles. The first-order valence-corrected chi connectivity index (χ1v) is 18.9. The number of fused-ring (bicyclic) bond motifs is 6. The van der Waals surface area contributed by atoms with Gasteiger partial charge >= 0.3 is 12.2 Å². The fourth-order valence-corrected chi connectivity index (χ4v) is 7.25. The van der Waals surface area contributed by atoms with Crippen LogP contribution < -0.4 is 15.9 Å². The molecule has 0 radical (unpaired) electrons. The maximum Gasteiger partial charge on any atom is 0.424 e. The number of H-pyrrole nitrogens is 2. The number of amides is 4. The fraction of sp³-hybridized carbons (Fsp3) is 0.400. The lowest BCUT2D eigenvalue weighted by Crippen LogP contribution is -2.46. The number of ether oxygens (including phenoxy) is 2. The number of nitrogens with two attached hydrogens (primary N) is 1. The number of carbonyl (C=O) groups excluding carboxylic acids is 3. The van der Waals surface area contributed by atoms with Gasteiger partial charge < -0.3 is 39.7 Å². The van der Waals surface area contributed by atoms with Gasteiger partial charge in [-0.1, -0.05) is 32.0 Å². The van der Waals surface area contributed by atoms with E-state index in [0.717, 1.165) is 85.5 Å². The highest BCUT2D eigenvalue weighted by atomic mass is 16.5. The van der Waals surface area contributed by atoms with Gasteiger partial charge in [0.25, 0.3) is 0 Å². The van der Waals surface area contributed by atoms with Crippen LogP contribution in [0.5, 0.6) is 5.75 Å². The van der Waals surface area contributed by atoms with Crippen molar-refractivity contribution in [3.8, 4) is 28.1 Å². The zero-order chi connectivity index (χ0) is 39.7. The standard InChI is InChI=1S/C40H47N9O7/c1-5-13-47(35(51)20-49(41)40(54)55-4)18-32-44-36(23-7-8-23)37(45-32)25-9-11-27-26(14-25)21-56-31-16-28-24(15-29(27)31)10-12-30-38(28)46-33(43-30)19-48(22(3)6-2)34(50)17-42-39(52)53/h9-12,14-16,22-23,42H,5-8,13,17-21,41H2,1-4H3,(H,43,46)(H,44,45)(H,52,53)/t22-/m0/s1. The van der Waals surface area contributed by atoms with Gasteiger partial charge in [0.2, 0.25) is 11.8 Å². The predicted molar refractivity (Wildman–Crippen MR) is 208 cm³/mol. The summed E-state index contributed by atoms with van der Waals surface area (Å²) in [5.74, 6) is 7.50. The number of imidazole rings is 2. The van der Waals surface area contributed by atoms with E-state index in [1.807, 2.05) is 39.0 Å². The van der Waals surface area contributed by atoms with Gasteiger partial charge in [0.1, 0.15) is 37.1 Å². The average Bonchev–Trinajstić information content (AvgIpc) is 3.82. The predicted octanol–water partition coefficient (Wildman–Crippen LogP) is 5.62. The lowest BCUT2D eigenvalue weighted by atomic mass is 9.92. The number of hydrogen-bond acceptors (Lipinski definition) is 9. The highest BCUT2D eigenvalue weighted by molar-refractivity contribution is 6.07. The Hall–Kier alpha value is -6.16. The first-order chi connectivity index (χ1) is 27.0. The molecule has 1 aliphatic heterocycles. The van der Waals surface area contributed by atoms with Crippen molar-refractivity contribution in [2.75, 3.05) is 26.7 Å². The summed E-state index contributed by atoms with van der Waals surface area (Å²) >= 11 is 0. The van der Waals surface area contributed by atoms with Crippen LogP contribution in [0.4, 0.5) is 9.59 Å². The number of rotatable bonds is 14. The van der Waals surface area contributed by atoms with Gasteiger partial charge in [0.15, 0.2) is 0 Å². The molecule has 56 heavy (non-hydrogen) atoms. The molecule has 16 nitrogen and oxygen atoms in total. The van der Waals surface area contributed by atoms with Crippen molar-refractivity contribution in [2.45, 2.75) is 78.1 Å². The van der Waals surface area contributed by atoms with E-state index in [1.54, 1.807) is 9.80 Å².